The van der Waals surface area contributed by atoms with E-state index in [4.69, 9.17) is 14.2 Å². The number of nitrogens with one attached hydrogen (secondary N) is 1. The Morgan fingerprint density at radius 2 is 1.44 bits per heavy atom. The number of carbonyl (C=O) groups is 3. The molecule has 1 aliphatic carbocycles. The minimum atomic E-state index is -1.69. The Morgan fingerprint density at radius 3 is 2.17 bits per heavy atom. The summed E-state index contributed by atoms with van der Waals surface area (Å²) in [5, 5.41) is 25.5. The normalized spacial score (nSPS) is 26.7. The zero-order valence-electron chi connectivity index (χ0n) is 36.6. The third kappa shape index (κ3) is 7.26. The van der Waals surface area contributed by atoms with Gasteiger partial charge in [-0.2, -0.15) is 0 Å². The lowest BCUT2D eigenvalue weighted by Gasteiger charge is -2.46. The Morgan fingerprint density at radius 1 is 0.742 bits per heavy atom. The predicted octanol–water partition coefficient (Wildman–Crippen LogP) is 7.17. The van der Waals surface area contributed by atoms with E-state index >= 15 is 14.4 Å². The van der Waals surface area contributed by atoms with Crippen molar-refractivity contribution in [1.82, 2.24) is 14.7 Å². The number of nitrogens with zero attached hydrogens (tertiary/aromatic N) is 3. The van der Waals surface area contributed by atoms with Gasteiger partial charge < -0.3 is 34.6 Å². The molecule has 5 aromatic rings. The van der Waals surface area contributed by atoms with Crippen molar-refractivity contribution in [2.45, 2.75) is 80.3 Å². The van der Waals surface area contributed by atoms with Crippen LogP contribution in [0.2, 0.25) is 0 Å². The molecule has 0 bridgehead atoms. The first kappa shape index (κ1) is 42.0. The Bertz CT molecular complexity index is 2720. The lowest BCUT2D eigenvalue weighted by Crippen LogP contribution is -2.58. The van der Waals surface area contributed by atoms with Gasteiger partial charge in [-0.25, -0.2) is 0 Å². The van der Waals surface area contributed by atoms with Crippen molar-refractivity contribution in [3.05, 3.63) is 155 Å². The number of esters is 1. The van der Waals surface area contributed by atoms with Gasteiger partial charge in [0.15, 0.2) is 11.5 Å². The van der Waals surface area contributed by atoms with Gasteiger partial charge in [0.2, 0.25) is 18.6 Å². The molecule has 5 heterocycles. The fourth-order valence-corrected chi connectivity index (χ4v) is 11.6. The smallest absolute Gasteiger partial charge is 0.324 e. The molecule has 3 saturated heterocycles. The van der Waals surface area contributed by atoms with Gasteiger partial charge in [-0.3, -0.25) is 24.2 Å². The van der Waals surface area contributed by atoms with Crippen molar-refractivity contribution < 1.29 is 38.8 Å². The van der Waals surface area contributed by atoms with Crippen molar-refractivity contribution in [2.75, 3.05) is 38.3 Å². The highest BCUT2D eigenvalue weighted by Gasteiger charge is 2.74. The van der Waals surface area contributed by atoms with Crippen LogP contribution < -0.4 is 14.8 Å². The van der Waals surface area contributed by atoms with Crippen molar-refractivity contribution in [3.8, 4) is 29.1 Å². The van der Waals surface area contributed by atoms with E-state index in [-0.39, 0.29) is 18.4 Å². The fraction of sp³-hybridized carbons (Fsp3) is 0.352. The van der Waals surface area contributed by atoms with Gasteiger partial charge in [0.25, 0.3) is 0 Å². The van der Waals surface area contributed by atoms with Gasteiger partial charge in [0.1, 0.15) is 28.9 Å². The minimum Gasteiger partial charge on any atom is -0.508 e. The second kappa shape index (κ2) is 17.0. The molecule has 5 aromatic carbocycles. The number of fused-ring (bicyclic) bond motifs is 4. The number of piperazine rings is 1. The number of cyclic esters (lactones) is 1. The summed E-state index contributed by atoms with van der Waals surface area (Å²) >= 11 is 0. The van der Waals surface area contributed by atoms with Crippen LogP contribution in [0.25, 0.3) is 0 Å². The average Bonchev–Trinajstić information content (AvgIpc) is 3.97. The summed E-state index contributed by atoms with van der Waals surface area (Å²) in [5.41, 5.74) is 2.18. The van der Waals surface area contributed by atoms with Gasteiger partial charge in [0.05, 0.1) is 18.0 Å². The van der Waals surface area contributed by atoms with Crippen LogP contribution in [-0.2, 0) is 31.1 Å². The molecule has 12 heteroatoms. The van der Waals surface area contributed by atoms with Crippen LogP contribution in [0.4, 0.5) is 5.69 Å². The number of anilines is 1. The van der Waals surface area contributed by atoms with Crippen molar-refractivity contribution in [2.24, 2.45) is 5.92 Å². The molecule has 66 heavy (non-hydrogen) atoms. The van der Waals surface area contributed by atoms with Crippen LogP contribution >= 0.6 is 0 Å². The highest BCUT2D eigenvalue weighted by molar-refractivity contribution is 6.12. The number of phenols is 1. The van der Waals surface area contributed by atoms with Crippen LogP contribution in [0.3, 0.4) is 0 Å². The van der Waals surface area contributed by atoms with E-state index in [0.29, 0.717) is 73.7 Å². The van der Waals surface area contributed by atoms with Gasteiger partial charge in [-0.05, 0) is 96.0 Å². The number of ether oxygens (including phenoxy) is 3. The molecule has 336 valence electrons. The number of aromatic hydroxyl groups is 1. The van der Waals surface area contributed by atoms with E-state index in [2.05, 4.69) is 27.0 Å². The highest BCUT2D eigenvalue weighted by atomic mass is 16.7. The van der Waals surface area contributed by atoms with Gasteiger partial charge in [-0.1, -0.05) is 104 Å². The first-order valence-corrected chi connectivity index (χ1v) is 23.2. The lowest BCUT2D eigenvalue weighted by atomic mass is 9.65. The summed E-state index contributed by atoms with van der Waals surface area (Å²) in [6.45, 7) is 2.71. The molecular weight excluding hydrogens is 833 g/mol. The van der Waals surface area contributed by atoms with Gasteiger partial charge in [-0.15, -0.1) is 0 Å². The summed E-state index contributed by atoms with van der Waals surface area (Å²) in [6, 6.07) is 34.9. The lowest BCUT2D eigenvalue weighted by molar-refractivity contribution is -0.179. The second-order valence-corrected chi connectivity index (χ2v) is 18.6. The zero-order valence-corrected chi connectivity index (χ0v) is 36.6. The maximum atomic E-state index is 16.0. The minimum absolute atomic E-state index is 0.0405. The number of hydrogen-bond acceptors (Lipinski definition) is 10. The molecule has 12 nitrogen and oxygen atoms in total. The molecule has 3 N–H and O–H groups in total. The van der Waals surface area contributed by atoms with E-state index in [0.717, 1.165) is 48.1 Å². The van der Waals surface area contributed by atoms with Crippen LogP contribution in [0, 0.1) is 17.8 Å². The van der Waals surface area contributed by atoms with Crippen LogP contribution in [0.15, 0.2) is 121 Å². The first-order chi connectivity index (χ1) is 32.2. The number of hydrogen-bond donors (Lipinski definition) is 3. The van der Waals surface area contributed by atoms with E-state index in [9.17, 15) is 10.2 Å². The molecule has 0 aromatic heterocycles. The van der Waals surface area contributed by atoms with Gasteiger partial charge >= 0.3 is 5.97 Å². The zero-order chi connectivity index (χ0) is 45.0. The summed E-state index contributed by atoms with van der Waals surface area (Å²) < 4.78 is 17.8. The third-order valence-corrected chi connectivity index (χ3v) is 14.7. The maximum absolute atomic E-state index is 16.0. The molecule has 2 amide bonds. The SMILES string of the molecule is O=C1O[C@H](c2ccccc2)[C@H](c2ccccc2)N2[C@H]1[C@@H](C(=O)N1CCN(Cc3ccc4c(c3)OCO4)CC1)[C@]1(C(=O)Nc3ccc(C#CC4(O)CCCCCC4)cc31)[C@H]2c1ccc(O)cc1. The standard InChI is InChI=1S/C54H52N4O8/c59-40-19-17-39(18-20-40)49-54(41-31-35(15-21-42(41)55-52(54)62)23-26-53(63)24-9-1-2-10-25-53)45(50(60)57-29-27-56(28-30-57)33-36-16-22-43-44(32-36)65-34-64-43)47-51(61)66-48(38-13-7-4-8-14-38)46(58(47)49)37-11-5-3-6-12-37/h3-8,11-22,31-32,45-49,59,63H,1-2,9-10,24-25,27-30,33-34H2,(H,55,62)/t45-,46-,47-,48+,49+,54-/m0/s1. The molecule has 1 saturated carbocycles. The molecular formula is C54H52N4O8. The molecule has 0 radical (unpaired) electrons. The molecule has 5 aliphatic heterocycles. The third-order valence-electron chi connectivity index (χ3n) is 14.7. The molecule has 1 spiro atoms. The number of amides is 2. The van der Waals surface area contributed by atoms with Crippen LogP contribution in [0.1, 0.15) is 90.1 Å². The van der Waals surface area contributed by atoms with E-state index in [1.54, 1.807) is 24.3 Å². The number of phenolic OH excluding ortho intramolecular Hbond substituents is 1. The summed E-state index contributed by atoms with van der Waals surface area (Å²) in [4.78, 5) is 53.1. The summed E-state index contributed by atoms with van der Waals surface area (Å²) in [7, 11) is 0. The van der Waals surface area contributed by atoms with Gasteiger partial charge in [0, 0.05) is 44.0 Å². The fourth-order valence-electron chi connectivity index (χ4n) is 11.6. The van der Waals surface area contributed by atoms with Crippen molar-refractivity contribution >= 4 is 23.5 Å². The Kier molecular flexibility index (Phi) is 10.8. The van der Waals surface area contributed by atoms with Crippen LogP contribution in [-0.4, -0.2) is 87.3 Å². The Balaban J connectivity index is 1.06. The summed E-state index contributed by atoms with van der Waals surface area (Å²) in [6.07, 6.45) is 4.25. The number of carbonyl (C=O) groups excluding carboxylic acids is 3. The monoisotopic (exact) mass is 884 g/mol. The number of aliphatic hydroxyl groups is 1. The van der Waals surface area contributed by atoms with Crippen LogP contribution in [0.5, 0.6) is 17.2 Å². The molecule has 6 aliphatic rings. The molecule has 6 atom stereocenters. The maximum Gasteiger partial charge on any atom is 0.324 e. The summed E-state index contributed by atoms with van der Waals surface area (Å²) in [5.74, 6) is 5.40. The van der Waals surface area contributed by atoms with E-state index in [1.807, 2.05) is 102 Å². The number of rotatable bonds is 6. The number of benzene rings is 5. The molecule has 4 fully saturated rings. The molecule has 0 unspecified atom stereocenters. The quantitative estimate of drug-likeness (QED) is 0.0914. The molecule has 11 rings (SSSR count). The topological polar surface area (TPSA) is 141 Å². The van der Waals surface area contributed by atoms with E-state index in [1.165, 1.54) is 0 Å². The van der Waals surface area contributed by atoms with Crippen molar-refractivity contribution in [3.63, 3.8) is 0 Å². The average molecular weight is 885 g/mol. The predicted molar refractivity (Wildman–Crippen MR) is 245 cm³/mol. The second-order valence-electron chi connectivity index (χ2n) is 18.6. The largest absolute Gasteiger partial charge is 0.508 e. The van der Waals surface area contributed by atoms with E-state index < -0.39 is 53.0 Å². The number of morpholine rings is 1. The first-order valence-electron chi connectivity index (χ1n) is 23.2. The Labute approximate surface area is 384 Å². The highest BCUT2D eigenvalue weighted by Crippen LogP contribution is 2.65. The Hall–Kier alpha value is -6.65. The van der Waals surface area contributed by atoms with Crippen molar-refractivity contribution in [1.29, 1.82) is 0 Å².